The maximum absolute atomic E-state index is 4.22. The summed E-state index contributed by atoms with van der Waals surface area (Å²) in [5, 5.41) is 0. The fourth-order valence-corrected chi connectivity index (χ4v) is 1.74. The van der Waals surface area contributed by atoms with Gasteiger partial charge in [0.2, 0.25) is 0 Å². The summed E-state index contributed by atoms with van der Waals surface area (Å²) in [5.74, 6) is 0.903. The first kappa shape index (κ1) is 7.21. The molecule has 2 rings (SSSR count). The van der Waals surface area contributed by atoms with E-state index >= 15 is 0 Å². The Morgan fingerprint density at radius 3 is 3.18 bits per heavy atom. The van der Waals surface area contributed by atoms with E-state index in [1.807, 2.05) is 12.4 Å². The van der Waals surface area contributed by atoms with E-state index in [-0.39, 0.29) is 0 Å². The van der Waals surface area contributed by atoms with Crippen LogP contribution >= 0.6 is 22.6 Å². The second-order valence-electron chi connectivity index (χ2n) is 2.57. The average molecular weight is 258 g/mol. The Bertz CT molecular complexity index is 331. The third-order valence-electron chi connectivity index (χ3n) is 1.77. The van der Waals surface area contributed by atoms with Gasteiger partial charge in [0.25, 0.3) is 0 Å². The molecule has 0 amide bonds. The van der Waals surface area contributed by atoms with Crippen LogP contribution in [0.4, 0.5) is 5.82 Å². The maximum Gasteiger partial charge on any atom is 0.156 e. The van der Waals surface area contributed by atoms with Gasteiger partial charge in [-0.2, -0.15) is 0 Å². The van der Waals surface area contributed by atoms with Crippen LogP contribution < -0.4 is 0 Å². The van der Waals surface area contributed by atoms with Crippen molar-refractivity contribution in [1.82, 2.24) is 4.98 Å². The second-order valence-corrected chi connectivity index (χ2v) is 3.65. The van der Waals surface area contributed by atoms with E-state index in [1.54, 1.807) is 0 Å². The highest BCUT2D eigenvalue weighted by atomic mass is 127. The third-order valence-corrected chi connectivity index (χ3v) is 3.27. The first-order valence-corrected chi connectivity index (χ1v) is 4.53. The normalized spacial score (nSPS) is 13.6. The Kier molecular flexibility index (Phi) is 1.67. The summed E-state index contributed by atoms with van der Waals surface area (Å²) < 4.78 is 1.31. The van der Waals surface area contributed by atoms with Crippen LogP contribution in [0.5, 0.6) is 0 Å². The van der Waals surface area contributed by atoms with Crippen molar-refractivity contribution in [2.45, 2.75) is 13.3 Å². The topological polar surface area (TPSA) is 25.2 Å². The lowest BCUT2D eigenvalue weighted by molar-refractivity contribution is 1.18. The third kappa shape index (κ3) is 1.07. The van der Waals surface area contributed by atoms with Gasteiger partial charge in [-0.05, 0) is 35.1 Å². The molecular formula is C8H7IN2. The molecule has 0 saturated heterocycles. The molecule has 0 aliphatic carbocycles. The van der Waals surface area contributed by atoms with Crippen molar-refractivity contribution in [3.63, 3.8) is 0 Å². The molecule has 0 unspecified atom stereocenters. The summed E-state index contributed by atoms with van der Waals surface area (Å²) in [6.45, 7) is 2.08. The largest absolute Gasteiger partial charge is 0.241 e. The van der Waals surface area contributed by atoms with Crippen molar-refractivity contribution in [1.29, 1.82) is 0 Å². The number of hydrogen-bond donors (Lipinski definition) is 0. The number of aliphatic imine (C=N–C) groups is 1. The zero-order valence-electron chi connectivity index (χ0n) is 6.13. The SMILES string of the molecule is Cc1cnc2c(c1I)CC=N2. The minimum Gasteiger partial charge on any atom is -0.241 e. The lowest BCUT2D eigenvalue weighted by Gasteiger charge is -2.02. The van der Waals surface area contributed by atoms with E-state index in [0.29, 0.717) is 0 Å². The van der Waals surface area contributed by atoms with Gasteiger partial charge >= 0.3 is 0 Å². The van der Waals surface area contributed by atoms with Crippen molar-refractivity contribution in [2.24, 2.45) is 4.99 Å². The number of hydrogen-bond acceptors (Lipinski definition) is 2. The quantitative estimate of drug-likeness (QED) is 0.655. The smallest absolute Gasteiger partial charge is 0.156 e. The fourth-order valence-electron chi connectivity index (χ4n) is 1.14. The van der Waals surface area contributed by atoms with E-state index in [4.69, 9.17) is 0 Å². The molecule has 2 heterocycles. The van der Waals surface area contributed by atoms with Gasteiger partial charge in [0.1, 0.15) is 0 Å². The van der Waals surface area contributed by atoms with Crippen LogP contribution in [0.2, 0.25) is 0 Å². The summed E-state index contributed by atoms with van der Waals surface area (Å²) in [6, 6.07) is 0. The number of pyridine rings is 1. The molecule has 0 spiro atoms. The zero-order valence-corrected chi connectivity index (χ0v) is 8.29. The van der Waals surface area contributed by atoms with E-state index in [9.17, 15) is 0 Å². The van der Waals surface area contributed by atoms with Gasteiger partial charge in [-0.15, -0.1) is 0 Å². The molecule has 0 atom stereocenters. The van der Waals surface area contributed by atoms with Crippen LogP contribution in [-0.4, -0.2) is 11.2 Å². The first-order valence-electron chi connectivity index (χ1n) is 3.45. The van der Waals surface area contributed by atoms with Crippen molar-refractivity contribution >= 4 is 34.6 Å². The van der Waals surface area contributed by atoms with E-state index in [0.717, 1.165) is 12.2 Å². The van der Waals surface area contributed by atoms with Crippen molar-refractivity contribution in [2.75, 3.05) is 0 Å². The lowest BCUT2D eigenvalue weighted by atomic mass is 10.2. The van der Waals surface area contributed by atoms with Crippen molar-refractivity contribution in [3.8, 4) is 0 Å². The number of aromatic nitrogens is 1. The van der Waals surface area contributed by atoms with Gasteiger partial charge < -0.3 is 0 Å². The van der Waals surface area contributed by atoms with Crippen molar-refractivity contribution < 1.29 is 0 Å². The van der Waals surface area contributed by atoms with Crippen LogP contribution in [-0.2, 0) is 6.42 Å². The Labute approximate surface area is 78.9 Å². The van der Waals surface area contributed by atoms with Gasteiger partial charge in [-0.25, -0.2) is 9.98 Å². The molecule has 1 aromatic rings. The maximum atomic E-state index is 4.22. The predicted octanol–water partition coefficient (Wildman–Crippen LogP) is 2.25. The van der Waals surface area contributed by atoms with Gasteiger partial charge in [-0.3, -0.25) is 0 Å². The number of halogens is 1. The summed E-state index contributed by atoms with van der Waals surface area (Å²) in [7, 11) is 0. The molecular weight excluding hydrogens is 251 g/mol. The molecule has 11 heavy (non-hydrogen) atoms. The summed E-state index contributed by atoms with van der Waals surface area (Å²) in [5.41, 5.74) is 2.53. The number of rotatable bonds is 0. The Morgan fingerprint density at radius 2 is 2.36 bits per heavy atom. The molecule has 0 aromatic carbocycles. The highest BCUT2D eigenvalue weighted by molar-refractivity contribution is 14.1. The molecule has 0 saturated carbocycles. The summed E-state index contributed by atoms with van der Waals surface area (Å²) in [4.78, 5) is 8.38. The monoisotopic (exact) mass is 258 g/mol. The number of aryl methyl sites for hydroxylation is 1. The molecule has 0 N–H and O–H groups in total. The van der Waals surface area contributed by atoms with Crippen LogP contribution in [0, 0.1) is 10.5 Å². The van der Waals surface area contributed by atoms with Gasteiger partial charge in [0, 0.05) is 28.0 Å². The van der Waals surface area contributed by atoms with Gasteiger partial charge in [-0.1, -0.05) is 0 Å². The molecule has 0 radical (unpaired) electrons. The van der Waals surface area contributed by atoms with Crippen LogP contribution in [0.25, 0.3) is 0 Å². The zero-order chi connectivity index (χ0) is 7.84. The Hall–Kier alpha value is -0.450. The summed E-state index contributed by atoms with van der Waals surface area (Å²) >= 11 is 2.35. The molecule has 56 valence electrons. The number of fused-ring (bicyclic) bond motifs is 1. The molecule has 0 bridgehead atoms. The van der Waals surface area contributed by atoms with Gasteiger partial charge in [0.15, 0.2) is 5.82 Å². The molecule has 0 fully saturated rings. The molecule has 1 aliphatic heterocycles. The Balaban J connectivity index is 2.67. The highest BCUT2D eigenvalue weighted by Gasteiger charge is 2.12. The summed E-state index contributed by atoms with van der Waals surface area (Å²) in [6.07, 6.45) is 4.74. The minimum atomic E-state index is 0.903. The first-order chi connectivity index (χ1) is 5.29. The van der Waals surface area contributed by atoms with E-state index in [1.165, 1.54) is 14.7 Å². The van der Waals surface area contributed by atoms with Crippen LogP contribution in [0.3, 0.4) is 0 Å². The molecule has 1 aliphatic rings. The minimum absolute atomic E-state index is 0.903. The molecule has 2 nitrogen and oxygen atoms in total. The van der Waals surface area contributed by atoms with Gasteiger partial charge in [0.05, 0.1) is 0 Å². The van der Waals surface area contributed by atoms with Crippen LogP contribution in [0.1, 0.15) is 11.1 Å². The number of nitrogens with zero attached hydrogens (tertiary/aromatic N) is 2. The van der Waals surface area contributed by atoms with E-state index < -0.39 is 0 Å². The lowest BCUT2D eigenvalue weighted by Crippen LogP contribution is -1.90. The molecule has 1 aromatic heterocycles. The molecule has 3 heteroatoms. The second kappa shape index (κ2) is 2.55. The predicted molar refractivity (Wildman–Crippen MR) is 53.5 cm³/mol. The Morgan fingerprint density at radius 1 is 1.55 bits per heavy atom. The van der Waals surface area contributed by atoms with E-state index in [2.05, 4.69) is 39.5 Å². The standard InChI is InChI=1S/C8H7IN2/c1-5-4-11-8-6(7(5)9)2-3-10-8/h3-4H,2H2,1H3. The average Bonchev–Trinajstić information content (AvgIpc) is 2.45. The highest BCUT2D eigenvalue weighted by Crippen LogP contribution is 2.27. The van der Waals surface area contributed by atoms with Crippen LogP contribution in [0.15, 0.2) is 11.2 Å². The fraction of sp³-hybridized carbons (Fsp3) is 0.250. The van der Waals surface area contributed by atoms with Crippen molar-refractivity contribution in [3.05, 3.63) is 20.9 Å².